The fourth-order valence-corrected chi connectivity index (χ4v) is 5.91. The van der Waals surface area contributed by atoms with Gasteiger partial charge in [0.25, 0.3) is 5.91 Å². The van der Waals surface area contributed by atoms with E-state index in [4.69, 9.17) is 4.98 Å². The summed E-state index contributed by atoms with van der Waals surface area (Å²) in [5, 5.41) is 7.20. The number of anilines is 2. The zero-order chi connectivity index (χ0) is 22.9. The van der Waals surface area contributed by atoms with Crippen LogP contribution in [0.15, 0.2) is 42.6 Å². The molecule has 2 atom stereocenters. The van der Waals surface area contributed by atoms with Crippen LogP contribution in [-0.4, -0.2) is 33.6 Å². The molecule has 2 N–H and O–H groups in total. The van der Waals surface area contributed by atoms with Gasteiger partial charge in [0.15, 0.2) is 12.9 Å². The number of amides is 1. The molecule has 6 nitrogen and oxygen atoms in total. The standard InChI is InChI=1S/C26H32BN5O/c1-18-20(30-24(33)19-10-5-3-6-11-19)16-21-23(29-18)31-22(17-28-21)32-26-14-8-4-7-12-25(2,27-26)13-9-15-26/h3,5-6,10-11,16-17,27H,4,7-9,12-15H2,1-2H3,(H,30,33)(H,29,31,32). The lowest BCUT2D eigenvalue weighted by Gasteiger charge is -2.48. The molecular formula is C26H32BN5O. The van der Waals surface area contributed by atoms with Crippen LogP contribution in [0.1, 0.15) is 74.3 Å². The molecule has 2 fully saturated rings. The second-order valence-electron chi connectivity index (χ2n) is 10.3. The number of pyridine rings is 1. The van der Waals surface area contributed by atoms with Gasteiger partial charge in [0, 0.05) is 11.0 Å². The molecule has 7 heteroatoms. The monoisotopic (exact) mass is 441 g/mol. The second kappa shape index (κ2) is 8.77. The average molecular weight is 441 g/mol. The number of fused-ring (bicyclic) bond motifs is 3. The third kappa shape index (κ3) is 4.73. The van der Waals surface area contributed by atoms with Crippen molar-refractivity contribution in [3.05, 3.63) is 53.9 Å². The summed E-state index contributed by atoms with van der Waals surface area (Å²) < 4.78 is 0. The molecule has 1 aromatic carbocycles. The minimum absolute atomic E-state index is 0.106. The molecule has 2 unspecified atom stereocenters. The van der Waals surface area contributed by atoms with E-state index >= 15 is 0 Å². The van der Waals surface area contributed by atoms with Crippen LogP contribution in [0.5, 0.6) is 0 Å². The first-order valence-electron chi connectivity index (χ1n) is 12.2. The number of carbonyl (C=O) groups excluding carboxylic acids is 1. The van der Waals surface area contributed by atoms with Crippen LogP contribution >= 0.6 is 0 Å². The van der Waals surface area contributed by atoms with Gasteiger partial charge in [-0.2, -0.15) is 0 Å². The minimum Gasteiger partial charge on any atom is -0.371 e. The molecule has 1 amide bonds. The number of aryl methyl sites for hydroxylation is 1. The molecule has 0 radical (unpaired) electrons. The van der Waals surface area contributed by atoms with Crippen LogP contribution in [0, 0.1) is 6.92 Å². The summed E-state index contributed by atoms with van der Waals surface area (Å²) in [4.78, 5) is 26.7. The number of rotatable bonds is 4. The number of nitrogens with one attached hydrogen (secondary N) is 2. The number of hydrogen-bond donors (Lipinski definition) is 2. The molecule has 0 saturated carbocycles. The highest BCUT2D eigenvalue weighted by atomic mass is 16.1. The minimum atomic E-state index is -0.158. The zero-order valence-electron chi connectivity index (χ0n) is 19.7. The quantitative estimate of drug-likeness (QED) is 0.526. The molecule has 2 saturated heterocycles. The van der Waals surface area contributed by atoms with Gasteiger partial charge in [0.2, 0.25) is 0 Å². The van der Waals surface area contributed by atoms with Gasteiger partial charge in [-0.15, -0.1) is 0 Å². The average Bonchev–Trinajstić information content (AvgIpc) is 2.79. The zero-order valence-corrected chi connectivity index (χ0v) is 19.7. The van der Waals surface area contributed by atoms with Crippen LogP contribution in [-0.2, 0) is 0 Å². The summed E-state index contributed by atoms with van der Waals surface area (Å²) in [5.41, 5.74) is 3.39. The van der Waals surface area contributed by atoms with Crippen molar-refractivity contribution < 1.29 is 4.79 Å². The van der Waals surface area contributed by atoms with E-state index in [9.17, 15) is 4.79 Å². The molecule has 0 spiro atoms. The van der Waals surface area contributed by atoms with Crippen LogP contribution in [0.25, 0.3) is 11.2 Å². The maximum absolute atomic E-state index is 12.6. The van der Waals surface area contributed by atoms with E-state index in [1.54, 1.807) is 12.1 Å². The highest BCUT2D eigenvalue weighted by molar-refractivity contribution is 6.45. The second-order valence-corrected chi connectivity index (χ2v) is 10.3. The van der Waals surface area contributed by atoms with E-state index in [-0.39, 0.29) is 11.3 Å². The summed E-state index contributed by atoms with van der Waals surface area (Å²) in [6.45, 7) is 4.36. The van der Waals surface area contributed by atoms with Crippen molar-refractivity contribution in [1.29, 1.82) is 0 Å². The Morgan fingerprint density at radius 3 is 2.61 bits per heavy atom. The first-order chi connectivity index (χ1) is 15.9. The van der Waals surface area contributed by atoms with Gasteiger partial charge in [-0.1, -0.05) is 69.0 Å². The van der Waals surface area contributed by atoms with E-state index in [0.717, 1.165) is 11.5 Å². The van der Waals surface area contributed by atoms with Crippen molar-refractivity contribution in [2.75, 3.05) is 10.6 Å². The number of aromatic nitrogens is 3. The summed E-state index contributed by atoms with van der Waals surface area (Å²) in [6, 6.07) is 11.0. The topological polar surface area (TPSA) is 79.8 Å². The van der Waals surface area contributed by atoms with Crippen molar-refractivity contribution >= 4 is 35.9 Å². The lowest BCUT2D eigenvalue weighted by atomic mass is 9.35. The number of benzene rings is 1. The predicted molar refractivity (Wildman–Crippen MR) is 135 cm³/mol. The number of hydrogen-bond acceptors (Lipinski definition) is 5. The molecule has 4 heterocycles. The van der Waals surface area contributed by atoms with Gasteiger partial charge in [0.1, 0.15) is 11.3 Å². The van der Waals surface area contributed by atoms with Crippen LogP contribution in [0.3, 0.4) is 0 Å². The van der Waals surface area contributed by atoms with Crippen molar-refractivity contribution in [3.8, 4) is 0 Å². The van der Waals surface area contributed by atoms with E-state index in [1.165, 1.54) is 58.6 Å². The van der Waals surface area contributed by atoms with Crippen molar-refractivity contribution in [3.63, 3.8) is 0 Å². The van der Waals surface area contributed by atoms with Crippen molar-refractivity contribution in [1.82, 2.24) is 15.0 Å². The Morgan fingerprint density at radius 1 is 1.00 bits per heavy atom. The molecule has 2 aliphatic heterocycles. The molecular weight excluding hydrogens is 409 g/mol. The Balaban J connectivity index is 1.38. The number of nitrogens with zero attached hydrogens (tertiary/aromatic N) is 3. The van der Waals surface area contributed by atoms with E-state index in [0.29, 0.717) is 27.7 Å². The van der Waals surface area contributed by atoms with Gasteiger partial charge in [-0.05, 0) is 38.0 Å². The molecule has 2 aliphatic rings. The largest absolute Gasteiger partial charge is 0.371 e. The Hall–Kier alpha value is -2.96. The Kier molecular flexibility index (Phi) is 5.81. The van der Waals surface area contributed by atoms with Crippen LogP contribution in [0.4, 0.5) is 11.5 Å². The summed E-state index contributed by atoms with van der Waals surface area (Å²) in [5.74, 6) is 0.648. The van der Waals surface area contributed by atoms with E-state index in [2.05, 4.69) is 27.5 Å². The summed E-state index contributed by atoms with van der Waals surface area (Å²) in [7, 11) is 1.20. The van der Waals surface area contributed by atoms with Gasteiger partial charge in [-0.3, -0.25) is 4.79 Å². The van der Waals surface area contributed by atoms with Gasteiger partial charge in [0.05, 0.1) is 17.6 Å². The SMILES string of the molecule is Cc1nc2nc(NC34BC(C)(CCCCC3)CCC4)cnc2cc1NC(=O)c1ccccc1. The molecule has 0 aliphatic carbocycles. The normalized spacial score (nSPS) is 24.9. The van der Waals surface area contributed by atoms with Gasteiger partial charge < -0.3 is 10.6 Å². The van der Waals surface area contributed by atoms with Crippen molar-refractivity contribution in [2.45, 2.75) is 76.0 Å². The number of carbonyl (C=O) groups is 1. The first-order valence-corrected chi connectivity index (χ1v) is 12.2. The smallest absolute Gasteiger partial charge is 0.255 e. The Morgan fingerprint density at radius 2 is 1.76 bits per heavy atom. The highest BCUT2D eigenvalue weighted by Gasteiger charge is 2.44. The molecule has 3 aromatic rings. The van der Waals surface area contributed by atoms with Gasteiger partial charge >= 0.3 is 0 Å². The van der Waals surface area contributed by atoms with Gasteiger partial charge in [-0.25, -0.2) is 15.0 Å². The lowest BCUT2D eigenvalue weighted by Crippen LogP contribution is -2.52. The first kappa shape index (κ1) is 21.9. The van der Waals surface area contributed by atoms with E-state index in [1.807, 2.05) is 37.4 Å². The maximum Gasteiger partial charge on any atom is 0.255 e. The summed E-state index contributed by atoms with van der Waals surface area (Å²) in [6.07, 6.45) is 12.1. The van der Waals surface area contributed by atoms with Crippen LogP contribution in [0.2, 0.25) is 5.31 Å². The molecule has 2 aromatic heterocycles. The lowest BCUT2D eigenvalue weighted by molar-refractivity contribution is 0.102. The molecule has 33 heavy (non-hydrogen) atoms. The maximum atomic E-state index is 12.6. The Labute approximate surface area is 196 Å². The summed E-state index contributed by atoms with van der Waals surface area (Å²) >= 11 is 0. The third-order valence-corrected chi connectivity index (χ3v) is 7.54. The molecule has 170 valence electrons. The molecule has 2 bridgehead atoms. The fourth-order valence-electron chi connectivity index (χ4n) is 5.91. The van der Waals surface area contributed by atoms with E-state index < -0.39 is 0 Å². The van der Waals surface area contributed by atoms with Crippen molar-refractivity contribution in [2.24, 2.45) is 0 Å². The molecule has 5 rings (SSSR count). The van der Waals surface area contributed by atoms with Crippen LogP contribution < -0.4 is 10.6 Å². The predicted octanol–water partition coefficient (Wildman–Crippen LogP) is 5.46. The third-order valence-electron chi connectivity index (χ3n) is 7.54. The fraction of sp³-hybridized carbons (Fsp3) is 0.462. The Bertz CT molecular complexity index is 1170. The highest BCUT2D eigenvalue weighted by Crippen LogP contribution is 2.48.